The van der Waals surface area contributed by atoms with Gasteiger partial charge in [-0.3, -0.25) is 0 Å². The second-order valence-electron chi connectivity index (χ2n) is 5.05. The summed E-state index contributed by atoms with van der Waals surface area (Å²) in [6.45, 7) is 8.36. The van der Waals surface area contributed by atoms with Crippen molar-refractivity contribution < 1.29 is 0 Å². The van der Waals surface area contributed by atoms with Crippen LogP contribution in [0.4, 0.5) is 0 Å². The number of nitrogens with zero attached hydrogens (tertiary/aromatic N) is 1. The molecule has 0 amide bonds. The first kappa shape index (κ1) is 15.1. The van der Waals surface area contributed by atoms with Gasteiger partial charge in [0.1, 0.15) is 5.03 Å². The van der Waals surface area contributed by atoms with Crippen molar-refractivity contribution in [2.45, 2.75) is 43.7 Å². The van der Waals surface area contributed by atoms with Gasteiger partial charge >= 0.3 is 0 Å². The van der Waals surface area contributed by atoms with E-state index in [1.165, 1.54) is 22.4 Å². The molecule has 0 saturated heterocycles. The normalized spacial score (nSPS) is 10.8. The molecule has 106 valence electrons. The van der Waals surface area contributed by atoms with E-state index in [1.807, 2.05) is 6.92 Å². The minimum atomic E-state index is 0.945. The number of hydrogen-bond acceptors (Lipinski definition) is 3. The van der Waals surface area contributed by atoms with Crippen molar-refractivity contribution in [1.29, 1.82) is 0 Å². The molecule has 1 heterocycles. The predicted molar refractivity (Wildman–Crippen MR) is 86.3 cm³/mol. The topological polar surface area (TPSA) is 24.9 Å². The maximum atomic E-state index is 4.56. The predicted octanol–water partition coefficient (Wildman–Crippen LogP) is 4.35. The summed E-state index contributed by atoms with van der Waals surface area (Å²) < 4.78 is 0. The van der Waals surface area contributed by atoms with E-state index in [1.54, 1.807) is 11.8 Å². The lowest BCUT2D eigenvalue weighted by molar-refractivity contribution is 0.675. The molecule has 3 heteroatoms. The van der Waals surface area contributed by atoms with Crippen molar-refractivity contribution in [3.8, 4) is 0 Å². The molecule has 1 N–H and O–H groups in total. The Morgan fingerprint density at radius 1 is 1.10 bits per heavy atom. The molecule has 20 heavy (non-hydrogen) atoms. The summed E-state index contributed by atoms with van der Waals surface area (Å²) in [7, 11) is 0. The molecule has 0 atom stereocenters. The summed E-state index contributed by atoms with van der Waals surface area (Å²) in [5, 5.41) is 4.49. The quantitative estimate of drug-likeness (QED) is 0.799. The van der Waals surface area contributed by atoms with E-state index in [4.69, 9.17) is 0 Å². The Hall–Kier alpha value is -1.32. The highest BCUT2D eigenvalue weighted by molar-refractivity contribution is 7.99. The van der Waals surface area contributed by atoms with Gasteiger partial charge in [-0.2, -0.15) is 0 Å². The Morgan fingerprint density at radius 2 is 1.85 bits per heavy atom. The highest BCUT2D eigenvalue weighted by atomic mass is 32.2. The average molecular weight is 286 g/mol. The molecule has 0 unspecified atom stereocenters. The summed E-state index contributed by atoms with van der Waals surface area (Å²) in [6, 6.07) is 13.0. The number of aryl methyl sites for hydroxylation is 2. The third kappa shape index (κ3) is 4.66. The largest absolute Gasteiger partial charge is 0.313 e. The van der Waals surface area contributed by atoms with Crippen LogP contribution in [-0.4, -0.2) is 11.5 Å². The first-order valence-electron chi connectivity index (χ1n) is 7.10. The molecule has 0 saturated carbocycles. The molecule has 1 aromatic carbocycles. The smallest absolute Gasteiger partial charge is 0.101 e. The first-order chi connectivity index (χ1) is 9.67. The van der Waals surface area contributed by atoms with Crippen LogP contribution in [0.5, 0.6) is 0 Å². The van der Waals surface area contributed by atoms with Crippen molar-refractivity contribution in [3.63, 3.8) is 0 Å². The molecule has 2 nitrogen and oxygen atoms in total. The summed E-state index contributed by atoms with van der Waals surface area (Å²) in [5.74, 6) is 0. The van der Waals surface area contributed by atoms with Gasteiger partial charge in [0.25, 0.3) is 0 Å². The monoisotopic (exact) mass is 286 g/mol. The summed E-state index contributed by atoms with van der Waals surface area (Å²) >= 11 is 1.72. The van der Waals surface area contributed by atoms with Gasteiger partial charge in [0.05, 0.1) is 0 Å². The van der Waals surface area contributed by atoms with Crippen molar-refractivity contribution in [3.05, 3.63) is 53.2 Å². The average Bonchev–Trinajstić information content (AvgIpc) is 2.40. The molecule has 0 bridgehead atoms. The molecular weight excluding hydrogens is 264 g/mol. The minimum absolute atomic E-state index is 0.945. The molecule has 2 aromatic rings. The van der Waals surface area contributed by atoms with Crippen LogP contribution in [0.15, 0.2) is 46.3 Å². The summed E-state index contributed by atoms with van der Waals surface area (Å²) in [4.78, 5) is 5.80. The molecular formula is C17H22N2S. The summed E-state index contributed by atoms with van der Waals surface area (Å²) in [5.41, 5.74) is 3.67. The number of nitrogens with one attached hydrogen (secondary N) is 1. The van der Waals surface area contributed by atoms with E-state index >= 15 is 0 Å². The van der Waals surface area contributed by atoms with Crippen molar-refractivity contribution >= 4 is 11.8 Å². The van der Waals surface area contributed by atoms with E-state index in [9.17, 15) is 0 Å². The molecule has 0 fully saturated rings. The lowest BCUT2D eigenvalue weighted by Crippen LogP contribution is -2.13. The van der Waals surface area contributed by atoms with Gasteiger partial charge in [0.15, 0.2) is 0 Å². The third-order valence-electron chi connectivity index (χ3n) is 2.98. The molecule has 0 radical (unpaired) electrons. The Labute approximate surface area is 126 Å². The van der Waals surface area contributed by atoms with E-state index < -0.39 is 0 Å². The third-order valence-corrected chi connectivity index (χ3v) is 3.90. The highest BCUT2D eigenvalue weighted by Crippen LogP contribution is 2.27. The van der Waals surface area contributed by atoms with Crippen LogP contribution in [0.1, 0.15) is 30.2 Å². The number of hydrogen-bond donors (Lipinski definition) is 1. The van der Waals surface area contributed by atoms with Crippen LogP contribution >= 0.6 is 11.8 Å². The van der Waals surface area contributed by atoms with E-state index in [-0.39, 0.29) is 0 Å². The highest BCUT2D eigenvalue weighted by Gasteiger charge is 2.01. The van der Waals surface area contributed by atoms with Crippen LogP contribution in [0.2, 0.25) is 0 Å². The Kier molecular flexibility index (Phi) is 5.62. The Balaban J connectivity index is 1.99. The second kappa shape index (κ2) is 7.46. The maximum absolute atomic E-state index is 4.56. The molecule has 0 aliphatic rings. The SMILES string of the molecule is CCCNCc1ccc(Sc2cc(C)cc(C)n2)cc1. The van der Waals surface area contributed by atoms with Crippen molar-refractivity contribution in [2.75, 3.05) is 6.54 Å². The van der Waals surface area contributed by atoms with E-state index in [0.717, 1.165) is 23.8 Å². The first-order valence-corrected chi connectivity index (χ1v) is 7.92. The van der Waals surface area contributed by atoms with Crippen LogP contribution < -0.4 is 5.32 Å². The minimum Gasteiger partial charge on any atom is -0.313 e. The molecule has 0 aliphatic carbocycles. The van der Waals surface area contributed by atoms with E-state index in [0.29, 0.717) is 0 Å². The fourth-order valence-electron chi connectivity index (χ4n) is 2.06. The standard InChI is InChI=1S/C17H22N2S/c1-4-9-18-12-15-5-7-16(8-6-15)20-17-11-13(2)10-14(3)19-17/h5-8,10-11,18H,4,9,12H2,1-3H3. The zero-order chi connectivity index (χ0) is 14.4. The fourth-order valence-corrected chi connectivity index (χ4v) is 3.01. The lowest BCUT2D eigenvalue weighted by Gasteiger charge is -2.06. The van der Waals surface area contributed by atoms with Crippen LogP contribution in [-0.2, 0) is 6.54 Å². The van der Waals surface area contributed by atoms with Gasteiger partial charge in [-0.25, -0.2) is 4.98 Å². The fraction of sp³-hybridized carbons (Fsp3) is 0.353. The second-order valence-corrected chi connectivity index (χ2v) is 6.14. The van der Waals surface area contributed by atoms with Gasteiger partial charge in [0, 0.05) is 17.1 Å². The van der Waals surface area contributed by atoms with Gasteiger partial charge in [-0.15, -0.1) is 0 Å². The Bertz CT molecular complexity index is 529. The number of rotatable bonds is 6. The van der Waals surface area contributed by atoms with Gasteiger partial charge < -0.3 is 5.32 Å². The molecule has 2 rings (SSSR count). The zero-order valence-corrected chi connectivity index (χ0v) is 13.3. The van der Waals surface area contributed by atoms with Gasteiger partial charge in [0.2, 0.25) is 0 Å². The molecule has 0 spiro atoms. The van der Waals surface area contributed by atoms with Crippen LogP contribution in [0, 0.1) is 13.8 Å². The van der Waals surface area contributed by atoms with Gasteiger partial charge in [-0.05, 0) is 62.2 Å². The zero-order valence-electron chi connectivity index (χ0n) is 12.4. The van der Waals surface area contributed by atoms with Crippen molar-refractivity contribution in [1.82, 2.24) is 10.3 Å². The molecule has 0 aliphatic heterocycles. The van der Waals surface area contributed by atoms with E-state index in [2.05, 4.69) is 60.5 Å². The number of benzene rings is 1. The molecule has 1 aromatic heterocycles. The van der Waals surface area contributed by atoms with Crippen molar-refractivity contribution in [2.24, 2.45) is 0 Å². The Morgan fingerprint density at radius 3 is 2.50 bits per heavy atom. The lowest BCUT2D eigenvalue weighted by atomic mass is 10.2. The maximum Gasteiger partial charge on any atom is 0.101 e. The van der Waals surface area contributed by atoms with Crippen LogP contribution in [0.25, 0.3) is 0 Å². The number of aromatic nitrogens is 1. The van der Waals surface area contributed by atoms with Crippen LogP contribution in [0.3, 0.4) is 0 Å². The van der Waals surface area contributed by atoms with Gasteiger partial charge in [-0.1, -0.05) is 30.8 Å². The number of pyridine rings is 1. The summed E-state index contributed by atoms with van der Waals surface area (Å²) in [6.07, 6.45) is 1.17.